The molecule has 0 aliphatic heterocycles. The molecular weight excluding hydrogens is 252 g/mol. The Bertz CT molecular complexity index is 197. The topological polar surface area (TPSA) is 0 Å². The van der Waals surface area contributed by atoms with Crippen molar-refractivity contribution in [1.82, 2.24) is 0 Å². The van der Waals surface area contributed by atoms with Crippen molar-refractivity contribution in [2.75, 3.05) is 0 Å². The van der Waals surface area contributed by atoms with E-state index in [1.165, 1.54) is 5.56 Å². The van der Waals surface area contributed by atoms with Crippen LogP contribution in [0.1, 0.15) is 104 Å². The average molecular weight is 302 g/mol. The van der Waals surface area contributed by atoms with Gasteiger partial charge in [0.2, 0.25) is 0 Å². The van der Waals surface area contributed by atoms with Crippen molar-refractivity contribution < 1.29 is 1.43 Å². The minimum atomic E-state index is 0. The van der Waals surface area contributed by atoms with Crippen molar-refractivity contribution in [2.45, 2.75) is 103 Å². The summed E-state index contributed by atoms with van der Waals surface area (Å²) in [6.07, 6.45) is 0. The van der Waals surface area contributed by atoms with Gasteiger partial charge in [0.15, 0.2) is 0 Å². The Morgan fingerprint density at radius 3 is 1.24 bits per heavy atom. The average Bonchev–Trinajstić information content (AvgIpc) is 2.57. The zero-order valence-electron chi connectivity index (χ0n) is 16.7. The van der Waals surface area contributed by atoms with Gasteiger partial charge in [0, 0.05) is 6.99 Å². The molecule has 0 spiro atoms. The van der Waals surface area contributed by atoms with Crippen LogP contribution in [0.2, 0.25) is 0 Å². The van der Waals surface area contributed by atoms with E-state index >= 15 is 0 Å². The van der Waals surface area contributed by atoms with E-state index in [0.717, 1.165) is 0 Å². The van der Waals surface area contributed by atoms with E-state index in [4.69, 9.17) is 0 Å². The van der Waals surface area contributed by atoms with E-state index in [0.29, 0.717) is 0 Å². The fourth-order valence-corrected chi connectivity index (χ4v) is 0.791. The second-order valence-corrected chi connectivity index (χ2v) is 3.46. The van der Waals surface area contributed by atoms with Crippen LogP contribution < -0.4 is 0 Å². The third-order valence-electron chi connectivity index (χ3n) is 1.46. The molecule has 0 heteroatoms. The molecule has 0 saturated carbocycles. The lowest BCUT2D eigenvalue weighted by Crippen LogP contribution is -2.09. The first-order valence-electron chi connectivity index (χ1n) is 8.49. The van der Waals surface area contributed by atoms with Crippen LogP contribution in [0.15, 0.2) is 18.2 Å². The summed E-state index contributed by atoms with van der Waals surface area (Å²) >= 11 is 0. The molecule has 0 radical (unpaired) electrons. The van der Waals surface area contributed by atoms with Crippen LogP contribution in [-0.4, -0.2) is 0 Å². The highest BCUT2D eigenvalue weighted by atomic mass is 14.1. The van der Waals surface area contributed by atoms with Gasteiger partial charge in [-0.25, -0.2) is 0 Å². The van der Waals surface area contributed by atoms with Gasteiger partial charge in [-0.3, -0.25) is 0 Å². The minimum absolute atomic E-state index is 0. The molecule has 21 heavy (non-hydrogen) atoms. The van der Waals surface area contributed by atoms with E-state index in [1.54, 1.807) is 0 Å². The highest BCUT2D eigenvalue weighted by Crippen LogP contribution is 2.18. The maximum absolute atomic E-state index is 3.08. The van der Waals surface area contributed by atoms with Crippen molar-refractivity contribution >= 4 is 0 Å². The first-order valence-corrected chi connectivity index (χ1v) is 8.49. The quantitative estimate of drug-likeness (QED) is 0.450. The third-order valence-corrected chi connectivity index (χ3v) is 1.46. The van der Waals surface area contributed by atoms with E-state index in [2.05, 4.69) is 39.0 Å². The first-order chi connectivity index (χ1) is 9.61. The lowest BCUT2D eigenvalue weighted by Gasteiger charge is -2.15. The monoisotopic (exact) mass is 301 g/mol. The van der Waals surface area contributed by atoms with Crippen molar-refractivity contribution in [1.29, 1.82) is 0 Å². The number of hydrogen-bond acceptors (Lipinski definition) is 0. The SMILES string of the molecule is C.CC.CC.CC.CC.CC.CC(C)(C)c1c#cccc1.[2HH]. The molecule has 0 nitrogen and oxygen atoms in total. The Hall–Kier alpha value is -0.960. The van der Waals surface area contributed by atoms with Gasteiger partial charge in [-0.05, 0) is 17.5 Å². The van der Waals surface area contributed by atoms with Gasteiger partial charge in [0.05, 0.1) is 0 Å². The van der Waals surface area contributed by atoms with Gasteiger partial charge >= 0.3 is 0 Å². The maximum Gasteiger partial charge on any atom is 0.00776 e. The molecule has 0 heterocycles. The predicted octanol–water partition coefficient (Wildman–Crippen LogP) is 8.60. The van der Waals surface area contributed by atoms with Crippen molar-refractivity contribution in [2.24, 2.45) is 0 Å². The zero-order chi connectivity index (χ0) is 17.6. The molecule has 0 aliphatic carbocycles. The summed E-state index contributed by atoms with van der Waals surface area (Å²) in [6, 6.07) is 12.0. The molecule has 0 unspecified atom stereocenters. The van der Waals surface area contributed by atoms with Crippen LogP contribution in [0.5, 0.6) is 0 Å². The Kier molecular flexibility index (Phi) is 64.0. The van der Waals surface area contributed by atoms with Gasteiger partial charge in [-0.15, -0.1) is 0 Å². The summed E-state index contributed by atoms with van der Waals surface area (Å²) in [5, 5.41) is 0. The lowest BCUT2D eigenvalue weighted by atomic mass is 9.88. The van der Waals surface area contributed by atoms with Crippen LogP contribution in [0.25, 0.3) is 0 Å². The van der Waals surface area contributed by atoms with E-state index < -0.39 is 0 Å². The summed E-state index contributed by atoms with van der Waals surface area (Å²) in [7, 11) is 0. The lowest BCUT2D eigenvalue weighted by molar-refractivity contribution is 0.590. The molecule has 0 bridgehead atoms. The Balaban J connectivity index is -0.0000000325. The summed E-state index contributed by atoms with van der Waals surface area (Å²) in [5.74, 6) is 0. The second-order valence-electron chi connectivity index (χ2n) is 3.46. The molecule has 1 aromatic carbocycles. The summed E-state index contributed by atoms with van der Waals surface area (Å²) in [5.41, 5.74) is 1.42. The fraction of sp³-hybridized carbons (Fsp3) is 0.714. The minimum Gasteiger partial charge on any atom is -0.0776 e. The largest absolute Gasteiger partial charge is 0.0776 e. The van der Waals surface area contributed by atoms with Gasteiger partial charge < -0.3 is 0 Å². The molecular formula is C21H48. The maximum atomic E-state index is 3.08. The summed E-state index contributed by atoms with van der Waals surface area (Å²) < 4.78 is 0. The van der Waals surface area contributed by atoms with Crippen molar-refractivity contribution in [3.63, 3.8) is 0 Å². The molecule has 1 rings (SSSR count). The summed E-state index contributed by atoms with van der Waals surface area (Å²) in [4.78, 5) is 0. The molecule has 0 aromatic heterocycles. The third kappa shape index (κ3) is 32.5. The Morgan fingerprint density at radius 2 is 1.10 bits per heavy atom. The highest BCUT2D eigenvalue weighted by Gasteiger charge is 2.11. The standard InChI is InChI=1S/C10H12.5C2H6.CH4.H2/c1-10(2,3)9-7-5-4-6-8-9;5*1-2;;/h4-5,7H,1-3H3;5*1-2H3;1H4;1H/i;;;;;;;1+1. The van der Waals surface area contributed by atoms with Crippen LogP contribution in [0.3, 0.4) is 0 Å². The molecule has 0 amide bonds. The van der Waals surface area contributed by atoms with Crippen LogP contribution in [-0.2, 0) is 5.41 Å². The molecule has 0 fully saturated rings. The Labute approximate surface area is 140 Å². The molecule has 0 saturated heterocycles. The van der Waals surface area contributed by atoms with Gasteiger partial charge in [-0.1, -0.05) is 116 Å². The van der Waals surface area contributed by atoms with Crippen LogP contribution in [0.4, 0.5) is 0 Å². The second kappa shape index (κ2) is 36.4. The molecule has 132 valence electrons. The summed E-state index contributed by atoms with van der Waals surface area (Å²) in [6.45, 7) is 26.5. The predicted molar refractivity (Wildman–Crippen MR) is 108 cm³/mol. The van der Waals surface area contributed by atoms with E-state index in [1.807, 2.05) is 81.4 Å². The number of hydrogen-bond donors (Lipinski definition) is 0. The van der Waals surface area contributed by atoms with E-state index in [9.17, 15) is 0 Å². The number of rotatable bonds is 0. The molecule has 0 N–H and O–H groups in total. The van der Waals surface area contributed by atoms with E-state index in [-0.39, 0.29) is 14.3 Å². The molecule has 0 atom stereocenters. The first kappa shape index (κ1) is 36.9. The zero-order valence-corrected chi connectivity index (χ0v) is 16.7. The van der Waals surface area contributed by atoms with Crippen molar-refractivity contribution in [3.05, 3.63) is 35.9 Å². The molecule has 0 aliphatic rings. The normalized spacial score (nSPS) is 6.52. The molecule has 1 aromatic rings. The van der Waals surface area contributed by atoms with Crippen LogP contribution in [0, 0.1) is 12.1 Å². The van der Waals surface area contributed by atoms with Gasteiger partial charge in [0.1, 0.15) is 0 Å². The smallest absolute Gasteiger partial charge is 0.00776 e. The van der Waals surface area contributed by atoms with Crippen LogP contribution >= 0.6 is 0 Å². The highest BCUT2D eigenvalue weighted by molar-refractivity contribution is 5.16. The van der Waals surface area contributed by atoms with Gasteiger partial charge in [-0.2, -0.15) is 0 Å². The Morgan fingerprint density at radius 1 is 0.762 bits per heavy atom. The van der Waals surface area contributed by atoms with Gasteiger partial charge in [0.25, 0.3) is 0 Å². The fourth-order valence-electron chi connectivity index (χ4n) is 0.791. The van der Waals surface area contributed by atoms with Crippen molar-refractivity contribution in [3.8, 4) is 0 Å².